The molecular formula is C9H8S2. The van der Waals surface area contributed by atoms with Gasteiger partial charge in [0.25, 0.3) is 0 Å². The van der Waals surface area contributed by atoms with Gasteiger partial charge in [0.15, 0.2) is 0 Å². The largest absolute Gasteiger partial charge is 0.123 e. The van der Waals surface area contributed by atoms with Crippen molar-refractivity contribution < 1.29 is 0 Å². The van der Waals surface area contributed by atoms with Crippen molar-refractivity contribution in [2.24, 2.45) is 0 Å². The molecule has 2 rings (SSSR count). The van der Waals surface area contributed by atoms with E-state index in [1.807, 2.05) is 0 Å². The summed E-state index contributed by atoms with van der Waals surface area (Å²) in [6, 6.07) is 10.6. The minimum absolute atomic E-state index is 0.267. The van der Waals surface area contributed by atoms with E-state index in [0.29, 0.717) is 0 Å². The van der Waals surface area contributed by atoms with Gasteiger partial charge in [-0.25, -0.2) is 0 Å². The lowest BCUT2D eigenvalue weighted by Crippen LogP contribution is -1.68. The van der Waals surface area contributed by atoms with Crippen molar-refractivity contribution in [2.45, 2.75) is 4.90 Å². The van der Waals surface area contributed by atoms with Gasteiger partial charge in [-0.2, -0.15) is 0 Å². The highest BCUT2D eigenvalue weighted by Gasteiger charge is 1.97. The third kappa shape index (κ3) is 1.57. The molecule has 1 aromatic rings. The Morgan fingerprint density at radius 3 is 2.55 bits per heavy atom. The maximum Gasteiger partial charge on any atom is 0.00708 e. The molecule has 0 saturated carbocycles. The second-order valence-corrected chi connectivity index (χ2v) is 4.99. The molecule has 1 heterocycles. The molecule has 0 aliphatic carbocycles. The summed E-state index contributed by atoms with van der Waals surface area (Å²) in [4.78, 5) is 1.41. The van der Waals surface area contributed by atoms with Crippen LogP contribution in [-0.4, -0.2) is 4.70 Å². The van der Waals surface area contributed by atoms with Gasteiger partial charge < -0.3 is 0 Å². The van der Waals surface area contributed by atoms with Crippen LogP contribution >= 0.6 is 22.2 Å². The Kier molecular flexibility index (Phi) is 2.15. The lowest BCUT2D eigenvalue weighted by Gasteiger charge is -1.97. The maximum atomic E-state index is 2.27. The zero-order chi connectivity index (χ0) is 7.52. The van der Waals surface area contributed by atoms with Crippen molar-refractivity contribution >= 4 is 26.9 Å². The van der Waals surface area contributed by atoms with Gasteiger partial charge in [0, 0.05) is 9.59 Å². The summed E-state index contributed by atoms with van der Waals surface area (Å²) in [5, 5.41) is 4.40. The van der Waals surface area contributed by atoms with Crippen LogP contribution in [-0.2, 0) is 0 Å². The van der Waals surface area contributed by atoms with E-state index in [1.165, 1.54) is 4.90 Å². The fourth-order valence-corrected chi connectivity index (χ4v) is 3.73. The summed E-state index contributed by atoms with van der Waals surface area (Å²) in [5.41, 5.74) is 0. The Morgan fingerprint density at radius 2 is 1.91 bits per heavy atom. The third-order valence-electron chi connectivity index (χ3n) is 1.46. The van der Waals surface area contributed by atoms with E-state index in [1.54, 1.807) is 11.8 Å². The summed E-state index contributed by atoms with van der Waals surface area (Å²) in [6.07, 6.45) is 0. The molecule has 1 aliphatic heterocycles. The Balaban J connectivity index is 2.37. The molecule has 0 aromatic heterocycles. The molecule has 0 bridgehead atoms. The molecule has 1 atom stereocenters. The van der Waals surface area contributed by atoms with E-state index in [2.05, 4.69) is 45.8 Å². The molecule has 1 unspecified atom stereocenters. The first-order valence-electron chi connectivity index (χ1n) is 3.39. The molecule has 0 spiro atoms. The zero-order valence-electron chi connectivity index (χ0n) is 5.94. The summed E-state index contributed by atoms with van der Waals surface area (Å²) in [7, 11) is 0.267. The Bertz CT molecular complexity index is 299. The summed E-state index contributed by atoms with van der Waals surface area (Å²) in [5.74, 6) is 0. The van der Waals surface area contributed by atoms with Crippen LogP contribution in [0.25, 0.3) is 0 Å². The minimum atomic E-state index is 0.267. The van der Waals surface area contributed by atoms with Crippen LogP contribution in [0.4, 0.5) is 0 Å². The lowest BCUT2D eigenvalue weighted by molar-refractivity contribution is 1.47. The summed E-state index contributed by atoms with van der Waals surface area (Å²) in [6.45, 7) is 0. The molecule has 0 saturated heterocycles. The number of hydrogen-bond donors (Lipinski definition) is 0. The fraction of sp³-hybridized carbons (Fsp3) is 0. The van der Waals surface area contributed by atoms with Crippen molar-refractivity contribution in [2.75, 3.05) is 0 Å². The standard InChI is InChI=1S/C9H8S2/c1-2-4-9(5-3-1)11-7-6-10-8-11/h1-8H. The molecule has 0 fully saturated rings. The maximum absolute atomic E-state index is 2.27. The van der Waals surface area contributed by atoms with Gasteiger partial charge in [-0.05, 0) is 22.9 Å². The monoisotopic (exact) mass is 180 g/mol. The normalized spacial score (nSPS) is 21.6. The number of thioether (sulfide) groups is 1. The van der Waals surface area contributed by atoms with E-state index < -0.39 is 0 Å². The van der Waals surface area contributed by atoms with Gasteiger partial charge in [-0.15, -0.1) is 10.5 Å². The highest BCUT2D eigenvalue weighted by atomic mass is 32.2. The van der Waals surface area contributed by atoms with Crippen LogP contribution in [0.5, 0.6) is 0 Å². The topological polar surface area (TPSA) is 0 Å². The van der Waals surface area contributed by atoms with Crippen LogP contribution in [0.3, 0.4) is 0 Å². The van der Waals surface area contributed by atoms with Gasteiger partial charge >= 0.3 is 0 Å². The molecule has 0 amide bonds. The predicted octanol–water partition coefficient (Wildman–Crippen LogP) is 3.29. The SMILES string of the molecule is C1=CS(c2ccccc2)=CS1. The smallest absolute Gasteiger partial charge is 0.00708 e. The van der Waals surface area contributed by atoms with Crippen LogP contribution in [0.1, 0.15) is 0 Å². The molecule has 2 heteroatoms. The highest BCUT2D eigenvalue weighted by molar-refractivity contribution is 8.36. The second-order valence-electron chi connectivity index (χ2n) is 2.19. The van der Waals surface area contributed by atoms with Crippen molar-refractivity contribution in [3.8, 4) is 0 Å². The quantitative estimate of drug-likeness (QED) is 0.598. The third-order valence-corrected chi connectivity index (χ3v) is 4.44. The van der Waals surface area contributed by atoms with Crippen LogP contribution in [0.15, 0.2) is 46.0 Å². The van der Waals surface area contributed by atoms with Gasteiger partial charge in [0.2, 0.25) is 0 Å². The highest BCUT2D eigenvalue weighted by Crippen LogP contribution is 2.33. The van der Waals surface area contributed by atoms with Crippen LogP contribution < -0.4 is 0 Å². The van der Waals surface area contributed by atoms with Crippen molar-refractivity contribution in [1.29, 1.82) is 0 Å². The molecule has 1 aromatic carbocycles. The van der Waals surface area contributed by atoms with Gasteiger partial charge in [-0.1, -0.05) is 30.0 Å². The number of rotatable bonds is 1. The molecule has 11 heavy (non-hydrogen) atoms. The van der Waals surface area contributed by atoms with E-state index in [0.717, 1.165) is 0 Å². The first kappa shape index (κ1) is 7.19. The zero-order valence-corrected chi connectivity index (χ0v) is 7.57. The van der Waals surface area contributed by atoms with E-state index in [-0.39, 0.29) is 10.5 Å². The van der Waals surface area contributed by atoms with Crippen LogP contribution in [0, 0.1) is 0 Å². The molecule has 56 valence electrons. The average Bonchev–Trinajstić information content (AvgIpc) is 2.58. The fourth-order valence-electron chi connectivity index (χ4n) is 0.928. The number of hydrogen-bond acceptors (Lipinski definition) is 1. The second kappa shape index (κ2) is 3.28. The van der Waals surface area contributed by atoms with Crippen molar-refractivity contribution in [3.63, 3.8) is 0 Å². The van der Waals surface area contributed by atoms with E-state index in [9.17, 15) is 0 Å². The lowest BCUT2D eigenvalue weighted by atomic mass is 10.4. The summed E-state index contributed by atoms with van der Waals surface area (Å²) < 4.78 is 2.27. The number of benzene rings is 1. The Labute approximate surface area is 73.2 Å². The molecule has 0 radical (unpaired) electrons. The van der Waals surface area contributed by atoms with Crippen molar-refractivity contribution in [3.05, 3.63) is 41.1 Å². The van der Waals surface area contributed by atoms with Gasteiger partial charge in [0.05, 0.1) is 0 Å². The van der Waals surface area contributed by atoms with Gasteiger partial charge in [0.1, 0.15) is 0 Å². The summed E-state index contributed by atoms with van der Waals surface area (Å²) >= 11 is 1.78. The Hall–Kier alpha value is -0.470. The van der Waals surface area contributed by atoms with E-state index in [4.69, 9.17) is 0 Å². The molecule has 0 nitrogen and oxygen atoms in total. The molecule has 1 aliphatic rings. The van der Waals surface area contributed by atoms with Crippen molar-refractivity contribution in [1.82, 2.24) is 0 Å². The minimum Gasteiger partial charge on any atom is -0.123 e. The predicted molar refractivity (Wildman–Crippen MR) is 55.1 cm³/mol. The van der Waals surface area contributed by atoms with E-state index >= 15 is 0 Å². The first-order valence-corrected chi connectivity index (χ1v) is 5.68. The average molecular weight is 180 g/mol. The van der Waals surface area contributed by atoms with Gasteiger partial charge in [-0.3, -0.25) is 0 Å². The Morgan fingerprint density at radius 1 is 1.09 bits per heavy atom. The molecule has 0 N–H and O–H groups in total. The first-order chi connectivity index (χ1) is 5.47. The molecular weight excluding hydrogens is 172 g/mol. The van der Waals surface area contributed by atoms with Crippen LogP contribution in [0.2, 0.25) is 0 Å².